The Labute approximate surface area is 86.9 Å². The van der Waals surface area contributed by atoms with Gasteiger partial charge in [-0.25, -0.2) is 0 Å². The van der Waals surface area contributed by atoms with Crippen molar-refractivity contribution in [3.63, 3.8) is 0 Å². The van der Waals surface area contributed by atoms with Gasteiger partial charge in [0.25, 0.3) is 5.56 Å². The molecule has 4 heteroatoms. The van der Waals surface area contributed by atoms with Gasteiger partial charge in [0.05, 0.1) is 6.04 Å². The van der Waals surface area contributed by atoms with Crippen LogP contribution in [0, 0.1) is 0 Å². The smallest absolute Gasteiger partial charge is 0.268 e. The number of aromatic amines is 1. The lowest BCUT2D eigenvalue weighted by atomic mass is 9.93. The molecule has 1 aromatic rings. The first-order chi connectivity index (χ1) is 6.86. The number of rotatable bonds is 1. The standard InChI is InChI=1S/C10H14N2OS/c13-10-8-6-14-5-4-9(8)12(11-10)7-2-1-3-7/h7H,1-6H2,(H,11,13). The molecule has 1 saturated carbocycles. The summed E-state index contributed by atoms with van der Waals surface area (Å²) in [6, 6.07) is 0.592. The molecule has 0 radical (unpaired) electrons. The molecule has 1 fully saturated rings. The lowest BCUT2D eigenvalue weighted by Crippen LogP contribution is -2.22. The van der Waals surface area contributed by atoms with Crippen LogP contribution in [0.15, 0.2) is 4.79 Å². The van der Waals surface area contributed by atoms with Crippen LogP contribution in [0.25, 0.3) is 0 Å². The molecule has 2 heterocycles. The molecule has 0 aromatic carbocycles. The number of hydrogen-bond acceptors (Lipinski definition) is 2. The average Bonchev–Trinajstić information content (AvgIpc) is 2.43. The van der Waals surface area contributed by atoms with Gasteiger partial charge in [-0.1, -0.05) is 0 Å². The molecule has 0 unspecified atom stereocenters. The van der Waals surface area contributed by atoms with E-state index >= 15 is 0 Å². The molecule has 76 valence electrons. The molecule has 0 bridgehead atoms. The maximum Gasteiger partial charge on any atom is 0.268 e. The van der Waals surface area contributed by atoms with Crippen molar-refractivity contribution in [2.24, 2.45) is 0 Å². The summed E-state index contributed by atoms with van der Waals surface area (Å²) in [5.74, 6) is 2.07. The largest absolute Gasteiger partial charge is 0.286 e. The number of nitrogens with zero attached hydrogens (tertiary/aromatic N) is 1. The van der Waals surface area contributed by atoms with Gasteiger partial charge in [-0.2, -0.15) is 11.8 Å². The van der Waals surface area contributed by atoms with E-state index in [1.807, 2.05) is 11.8 Å². The summed E-state index contributed by atoms with van der Waals surface area (Å²) in [7, 11) is 0. The van der Waals surface area contributed by atoms with Crippen molar-refractivity contribution >= 4 is 11.8 Å². The minimum Gasteiger partial charge on any atom is -0.286 e. The van der Waals surface area contributed by atoms with Gasteiger partial charge in [-0.15, -0.1) is 0 Å². The Kier molecular flexibility index (Phi) is 1.97. The quantitative estimate of drug-likeness (QED) is 0.766. The second-order valence-electron chi connectivity index (χ2n) is 4.12. The van der Waals surface area contributed by atoms with Gasteiger partial charge in [-0.3, -0.25) is 14.6 Å². The first-order valence-corrected chi connectivity index (χ1v) is 6.42. The molecule has 14 heavy (non-hydrogen) atoms. The molecule has 1 aromatic heterocycles. The van der Waals surface area contributed by atoms with Crippen molar-refractivity contribution in [1.82, 2.24) is 9.78 Å². The average molecular weight is 210 g/mol. The van der Waals surface area contributed by atoms with Crippen molar-refractivity contribution in [1.29, 1.82) is 0 Å². The molecular weight excluding hydrogens is 196 g/mol. The zero-order chi connectivity index (χ0) is 9.54. The van der Waals surface area contributed by atoms with E-state index in [9.17, 15) is 4.79 Å². The van der Waals surface area contributed by atoms with Gasteiger partial charge >= 0.3 is 0 Å². The maximum absolute atomic E-state index is 11.6. The van der Waals surface area contributed by atoms with Crippen LogP contribution in [0.5, 0.6) is 0 Å². The Balaban J connectivity index is 2.06. The number of thioether (sulfide) groups is 1. The van der Waals surface area contributed by atoms with Gasteiger partial charge in [0.15, 0.2) is 0 Å². The zero-order valence-electron chi connectivity index (χ0n) is 8.08. The SMILES string of the molecule is O=c1[nH]n(C2CCC2)c2c1CSCC2. The lowest BCUT2D eigenvalue weighted by Gasteiger charge is -2.29. The lowest BCUT2D eigenvalue weighted by molar-refractivity contribution is 0.281. The van der Waals surface area contributed by atoms with Crippen LogP contribution in [-0.2, 0) is 12.2 Å². The molecule has 3 nitrogen and oxygen atoms in total. The minimum absolute atomic E-state index is 0.152. The molecule has 2 aliphatic rings. The monoisotopic (exact) mass is 210 g/mol. The third kappa shape index (κ3) is 1.16. The fraction of sp³-hybridized carbons (Fsp3) is 0.700. The summed E-state index contributed by atoms with van der Waals surface area (Å²) in [6.07, 6.45) is 4.86. The van der Waals surface area contributed by atoms with Crippen LogP contribution >= 0.6 is 11.8 Å². The van der Waals surface area contributed by atoms with E-state index in [0.717, 1.165) is 23.5 Å². The maximum atomic E-state index is 11.6. The molecule has 1 N–H and O–H groups in total. The van der Waals surface area contributed by atoms with Crippen LogP contribution in [0.1, 0.15) is 36.6 Å². The van der Waals surface area contributed by atoms with E-state index in [4.69, 9.17) is 0 Å². The number of fused-ring (bicyclic) bond motifs is 1. The highest BCUT2D eigenvalue weighted by Crippen LogP contribution is 2.33. The summed E-state index contributed by atoms with van der Waals surface area (Å²) < 4.78 is 2.15. The van der Waals surface area contributed by atoms with Gasteiger partial charge in [0.2, 0.25) is 0 Å². The number of hydrogen-bond donors (Lipinski definition) is 1. The normalized spacial score (nSPS) is 21.7. The van der Waals surface area contributed by atoms with E-state index < -0.39 is 0 Å². The number of aromatic nitrogens is 2. The highest BCUT2D eigenvalue weighted by Gasteiger charge is 2.26. The molecule has 0 amide bonds. The van der Waals surface area contributed by atoms with E-state index in [1.54, 1.807) is 0 Å². The first kappa shape index (κ1) is 8.65. The Morgan fingerprint density at radius 3 is 3.00 bits per heavy atom. The molecular formula is C10H14N2OS. The molecule has 0 atom stereocenters. The van der Waals surface area contributed by atoms with Gasteiger partial charge in [0.1, 0.15) is 0 Å². The molecule has 0 spiro atoms. The van der Waals surface area contributed by atoms with Crippen molar-refractivity contribution in [2.75, 3.05) is 5.75 Å². The van der Waals surface area contributed by atoms with E-state index in [1.165, 1.54) is 25.0 Å². The fourth-order valence-electron chi connectivity index (χ4n) is 2.24. The zero-order valence-corrected chi connectivity index (χ0v) is 8.90. The predicted octanol–water partition coefficient (Wildman–Crippen LogP) is 1.69. The van der Waals surface area contributed by atoms with Crippen LogP contribution in [0.4, 0.5) is 0 Å². The number of nitrogens with one attached hydrogen (secondary N) is 1. The van der Waals surface area contributed by atoms with Gasteiger partial charge in [0, 0.05) is 17.0 Å². The Morgan fingerprint density at radius 2 is 2.29 bits per heavy atom. The third-order valence-corrected chi connectivity index (χ3v) is 4.29. The molecule has 1 aliphatic carbocycles. The summed E-state index contributed by atoms with van der Waals surface area (Å²) in [6.45, 7) is 0. The van der Waals surface area contributed by atoms with E-state index in [-0.39, 0.29) is 5.56 Å². The van der Waals surface area contributed by atoms with Crippen LogP contribution < -0.4 is 5.56 Å². The second kappa shape index (κ2) is 3.19. The summed E-state index contributed by atoms with van der Waals surface area (Å²) >= 11 is 1.87. The highest BCUT2D eigenvalue weighted by atomic mass is 32.2. The summed E-state index contributed by atoms with van der Waals surface area (Å²) in [5.41, 5.74) is 2.48. The highest BCUT2D eigenvalue weighted by molar-refractivity contribution is 7.98. The minimum atomic E-state index is 0.152. The fourth-order valence-corrected chi connectivity index (χ4v) is 3.22. The summed E-state index contributed by atoms with van der Waals surface area (Å²) in [5, 5.41) is 3.00. The van der Waals surface area contributed by atoms with E-state index in [0.29, 0.717) is 6.04 Å². The predicted molar refractivity (Wildman–Crippen MR) is 57.8 cm³/mol. The Hall–Kier alpha value is -0.640. The summed E-state index contributed by atoms with van der Waals surface area (Å²) in [4.78, 5) is 11.6. The number of H-pyrrole nitrogens is 1. The van der Waals surface area contributed by atoms with Crippen LogP contribution in [0.2, 0.25) is 0 Å². The van der Waals surface area contributed by atoms with Gasteiger partial charge in [-0.05, 0) is 31.4 Å². The molecule has 0 saturated heterocycles. The Morgan fingerprint density at radius 1 is 1.43 bits per heavy atom. The molecule has 1 aliphatic heterocycles. The van der Waals surface area contributed by atoms with Crippen molar-refractivity contribution < 1.29 is 0 Å². The Bertz CT molecular complexity index is 403. The van der Waals surface area contributed by atoms with Crippen molar-refractivity contribution in [3.8, 4) is 0 Å². The molecule has 3 rings (SSSR count). The second-order valence-corrected chi connectivity index (χ2v) is 5.23. The van der Waals surface area contributed by atoms with Gasteiger partial charge < -0.3 is 0 Å². The first-order valence-electron chi connectivity index (χ1n) is 5.26. The van der Waals surface area contributed by atoms with Crippen molar-refractivity contribution in [2.45, 2.75) is 37.5 Å². The topological polar surface area (TPSA) is 37.8 Å². The third-order valence-electron chi connectivity index (χ3n) is 3.30. The van der Waals surface area contributed by atoms with Crippen molar-refractivity contribution in [3.05, 3.63) is 21.6 Å². The van der Waals surface area contributed by atoms with Crippen LogP contribution in [-0.4, -0.2) is 15.5 Å². The van der Waals surface area contributed by atoms with Crippen LogP contribution in [0.3, 0.4) is 0 Å². The van der Waals surface area contributed by atoms with E-state index in [2.05, 4.69) is 9.78 Å².